The molecule has 0 bridgehead atoms. The number of para-hydroxylation sites is 1. The Bertz CT molecular complexity index is 1400. The standard InChI is InChI=1S/C26H25ClN6O2/c1-15-23-19(31-25(35)29-15)13-26(23)17-6-2-3-7-20(17)33(24(26)34)14-22-30-18-12-16(27)8-9-21(18)32(22)11-5-4-10-28/h2-3,6-9,12,15,19,23H,4-5,11,13-14H2,1H3,(H2,29,31,35)/t15?,19-,23?,26-/m0/s1. The monoisotopic (exact) mass is 488 g/mol. The van der Waals surface area contributed by atoms with Gasteiger partial charge >= 0.3 is 6.03 Å². The van der Waals surface area contributed by atoms with E-state index in [-0.39, 0.29) is 29.9 Å². The predicted octanol–water partition coefficient (Wildman–Crippen LogP) is 3.87. The number of halogens is 1. The molecular weight excluding hydrogens is 464 g/mol. The molecule has 2 aromatic carbocycles. The summed E-state index contributed by atoms with van der Waals surface area (Å²) in [5.41, 5.74) is 2.96. The van der Waals surface area contributed by atoms with E-state index in [1.165, 1.54) is 0 Å². The van der Waals surface area contributed by atoms with Gasteiger partial charge in [-0.3, -0.25) is 4.79 Å². The molecule has 1 spiro atoms. The van der Waals surface area contributed by atoms with E-state index in [9.17, 15) is 9.59 Å². The van der Waals surface area contributed by atoms with E-state index in [1.807, 2.05) is 54.3 Å². The third kappa shape index (κ3) is 3.15. The molecule has 1 aromatic heterocycles. The van der Waals surface area contributed by atoms with E-state index in [2.05, 4.69) is 21.3 Å². The molecule has 3 amide bonds. The Balaban J connectivity index is 1.40. The number of unbranched alkanes of at least 4 members (excludes halogenated alkanes) is 1. The molecule has 178 valence electrons. The molecule has 9 heteroatoms. The van der Waals surface area contributed by atoms with Crippen molar-refractivity contribution in [1.29, 1.82) is 5.26 Å². The second-order valence-electron chi connectivity index (χ2n) is 9.70. The molecule has 3 aliphatic rings. The molecule has 1 saturated carbocycles. The Morgan fingerprint density at radius 1 is 1.23 bits per heavy atom. The number of imidazole rings is 1. The van der Waals surface area contributed by atoms with E-state index >= 15 is 0 Å². The van der Waals surface area contributed by atoms with Crippen LogP contribution in [0.15, 0.2) is 42.5 Å². The Hall–Kier alpha value is -3.57. The highest BCUT2D eigenvalue weighted by atomic mass is 35.5. The molecule has 8 nitrogen and oxygen atoms in total. The number of anilines is 1. The van der Waals surface area contributed by atoms with E-state index in [0.29, 0.717) is 37.4 Å². The molecule has 2 fully saturated rings. The zero-order chi connectivity index (χ0) is 24.3. The molecule has 1 aliphatic carbocycles. The summed E-state index contributed by atoms with van der Waals surface area (Å²) in [7, 11) is 0. The first kappa shape index (κ1) is 21.9. The van der Waals surface area contributed by atoms with Gasteiger partial charge < -0.3 is 20.1 Å². The normalized spacial score (nSPS) is 26.7. The maximum Gasteiger partial charge on any atom is 0.315 e. The van der Waals surface area contributed by atoms with Crippen LogP contribution in [-0.4, -0.2) is 33.6 Å². The summed E-state index contributed by atoms with van der Waals surface area (Å²) in [4.78, 5) is 32.9. The quantitative estimate of drug-likeness (QED) is 0.532. The minimum absolute atomic E-state index is 0.0200. The van der Waals surface area contributed by atoms with Gasteiger partial charge in [-0.25, -0.2) is 9.78 Å². The lowest BCUT2D eigenvalue weighted by molar-refractivity contribution is -0.133. The van der Waals surface area contributed by atoms with Gasteiger partial charge in [0.15, 0.2) is 0 Å². The van der Waals surface area contributed by atoms with Crippen LogP contribution in [-0.2, 0) is 23.3 Å². The van der Waals surface area contributed by atoms with Crippen molar-refractivity contribution in [2.24, 2.45) is 5.92 Å². The van der Waals surface area contributed by atoms with Gasteiger partial charge in [0.05, 0.1) is 29.1 Å². The van der Waals surface area contributed by atoms with Crippen molar-refractivity contribution in [1.82, 2.24) is 20.2 Å². The number of rotatable bonds is 5. The average molecular weight is 489 g/mol. The molecule has 2 unspecified atom stereocenters. The first-order chi connectivity index (χ1) is 16.9. The van der Waals surface area contributed by atoms with Crippen LogP contribution in [0.2, 0.25) is 5.02 Å². The van der Waals surface area contributed by atoms with Crippen LogP contribution in [0.5, 0.6) is 0 Å². The fourth-order valence-corrected chi connectivity index (χ4v) is 6.59. The summed E-state index contributed by atoms with van der Waals surface area (Å²) in [5, 5.41) is 15.6. The van der Waals surface area contributed by atoms with Gasteiger partial charge in [0.1, 0.15) is 5.82 Å². The number of aryl methyl sites for hydroxylation is 1. The number of hydrogen-bond acceptors (Lipinski definition) is 4. The van der Waals surface area contributed by atoms with Crippen molar-refractivity contribution >= 4 is 40.3 Å². The number of aromatic nitrogens is 2. The van der Waals surface area contributed by atoms with Crippen molar-refractivity contribution in [2.75, 3.05) is 4.90 Å². The fourth-order valence-electron chi connectivity index (χ4n) is 6.42. The smallest absolute Gasteiger partial charge is 0.315 e. The number of nitrogens with zero attached hydrogens (tertiary/aromatic N) is 4. The molecule has 0 radical (unpaired) electrons. The molecule has 4 atom stereocenters. The summed E-state index contributed by atoms with van der Waals surface area (Å²) < 4.78 is 2.10. The van der Waals surface area contributed by atoms with Crippen LogP contribution >= 0.6 is 11.6 Å². The highest BCUT2D eigenvalue weighted by Crippen LogP contribution is 2.58. The number of benzene rings is 2. The summed E-state index contributed by atoms with van der Waals surface area (Å²) in [6.07, 6.45) is 1.73. The Morgan fingerprint density at radius 2 is 2.06 bits per heavy atom. The van der Waals surface area contributed by atoms with E-state index in [4.69, 9.17) is 21.8 Å². The lowest BCUT2D eigenvalue weighted by atomic mass is 9.51. The van der Waals surface area contributed by atoms with Crippen LogP contribution < -0.4 is 15.5 Å². The maximum absolute atomic E-state index is 14.2. The Kier molecular flexibility index (Phi) is 5.01. The minimum atomic E-state index is -0.664. The second-order valence-corrected chi connectivity index (χ2v) is 10.1. The fraction of sp³-hybridized carbons (Fsp3) is 0.385. The average Bonchev–Trinajstić information content (AvgIpc) is 3.27. The first-order valence-corrected chi connectivity index (χ1v) is 12.3. The summed E-state index contributed by atoms with van der Waals surface area (Å²) in [6, 6.07) is 15.5. The molecule has 3 aromatic rings. The van der Waals surface area contributed by atoms with Crippen LogP contribution in [0.4, 0.5) is 10.5 Å². The number of hydrogen-bond donors (Lipinski definition) is 2. The number of carbonyl (C=O) groups excluding carboxylic acids is 2. The van der Waals surface area contributed by atoms with Gasteiger partial charge in [0, 0.05) is 41.7 Å². The van der Waals surface area contributed by atoms with Crippen molar-refractivity contribution in [3.05, 3.63) is 58.9 Å². The molecule has 1 saturated heterocycles. The first-order valence-electron chi connectivity index (χ1n) is 11.9. The minimum Gasteiger partial charge on any atom is -0.335 e. The van der Waals surface area contributed by atoms with Crippen molar-refractivity contribution in [3.63, 3.8) is 0 Å². The molecule has 35 heavy (non-hydrogen) atoms. The number of fused-ring (bicyclic) bond motifs is 5. The van der Waals surface area contributed by atoms with E-state index in [0.717, 1.165) is 28.1 Å². The van der Waals surface area contributed by atoms with Crippen molar-refractivity contribution in [3.8, 4) is 6.07 Å². The maximum atomic E-state index is 14.2. The summed E-state index contributed by atoms with van der Waals surface area (Å²) in [6.45, 7) is 2.93. The highest BCUT2D eigenvalue weighted by Gasteiger charge is 2.67. The topological polar surface area (TPSA) is 103 Å². The summed E-state index contributed by atoms with van der Waals surface area (Å²) in [5.74, 6) is 0.796. The largest absolute Gasteiger partial charge is 0.335 e. The number of nitriles is 1. The Labute approximate surface area is 207 Å². The van der Waals surface area contributed by atoms with Crippen molar-refractivity contribution in [2.45, 2.75) is 56.8 Å². The van der Waals surface area contributed by atoms with Crippen LogP contribution in [0, 0.1) is 17.2 Å². The van der Waals surface area contributed by atoms with Gasteiger partial charge in [0.2, 0.25) is 5.91 Å². The number of nitrogens with one attached hydrogen (secondary N) is 2. The van der Waals surface area contributed by atoms with Crippen molar-refractivity contribution < 1.29 is 9.59 Å². The van der Waals surface area contributed by atoms with Gasteiger partial charge in [-0.05, 0) is 49.6 Å². The lowest BCUT2D eigenvalue weighted by Crippen LogP contribution is -2.74. The zero-order valence-corrected chi connectivity index (χ0v) is 20.0. The Morgan fingerprint density at radius 3 is 2.86 bits per heavy atom. The van der Waals surface area contributed by atoms with Gasteiger partial charge in [-0.1, -0.05) is 29.8 Å². The predicted molar refractivity (Wildman–Crippen MR) is 132 cm³/mol. The lowest BCUT2D eigenvalue weighted by Gasteiger charge is -2.57. The zero-order valence-electron chi connectivity index (χ0n) is 19.3. The molecule has 3 heterocycles. The number of urea groups is 1. The number of carbonyl (C=O) groups is 2. The summed E-state index contributed by atoms with van der Waals surface area (Å²) >= 11 is 6.23. The van der Waals surface area contributed by atoms with E-state index < -0.39 is 5.41 Å². The SMILES string of the molecule is CC1NC(=O)N[C@H]2C[C@@]3(C(=O)N(Cc4nc5cc(Cl)ccc5n4CCCC#N)c4ccccc43)C12. The van der Waals surface area contributed by atoms with Crippen LogP contribution in [0.25, 0.3) is 11.0 Å². The molecule has 6 rings (SSSR count). The third-order valence-electron chi connectivity index (χ3n) is 7.82. The molecule has 2 N–H and O–H groups in total. The molecular formula is C26H25ClN6O2. The van der Waals surface area contributed by atoms with Gasteiger partial charge in [-0.15, -0.1) is 0 Å². The van der Waals surface area contributed by atoms with E-state index in [1.54, 1.807) is 0 Å². The number of amides is 3. The van der Waals surface area contributed by atoms with Gasteiger partial charge in [0.25, 0.3) is 0 Å². The van der Waals surface area contributed by atoms with Gasteiger partial charge in [-0.2, -0.15) is 5.26 Å². The highest BCUT2D eigenvalue weighted by molar-refractivity contribution is 6.31. The third-order valence-corrected chi connectivity index (χ3v) is 8.05. The molecule has 2 aliphatic heterocycles. The second kappa shape index (κ2) is 7.99. The van der Waals surface area contributed by atoms with Crippen LogP contribution in [0.1, 0.15) is 37.6 Å². The van der Waals surface area contributed by atoms with Crippen LogP contribution in [0.3, 0.4) is 0 Å².